The van der Waals surface area contributed by atoms with Gasteiger partial charge in [-0.1, -0.05) is 30.4 Å². The number of hydrogen-bond acceptors (Lipinski definition) is 6. The van der Waals surface area contributed by atoms with Gasteiger partial charge in [0.05, 0.1) is 12.2 Å². The Kier molecular flexibility index (Phi) is 4.86. The van der Waals surface area contributed by atoms with Crippen molar-refractivity contribution in [2.75, 3.05) is 23.5 Å². The fourth-order valence-electron chi connectivity index (χ4n) is 3.90. The highest BCUT2D eigenvalue weighted by atomic mass is 32.1. The second kappa shape index (κ2) is 7.70. The fraction of sp³-hybridized carbons (Fsp3) is 0.261. The molecule has 0 spiro atoms. The number of thiazole rings is 1. The SMILES string of the molecule is CCOc1ccc2c(c1)/C(=c1\sc3n(c1=O)CN(c1ccc(CC)cc1)CN=3)C(=O)N2. The van der Waals surface area contributed by atoms with E-state index >= 15 is 0 Å². The molecule has 0 unspecified atom stereocenters. The van der Waals surface area contributed by atoms with Gasteiger partial charge in [-0.05, 0) is 49.2 Å². The first-order chi connectivity index (χ1) is 15.1. The lowest BCUT2D eigenvalue weighted by Gasteiger charge is -2.25. The molecule has 5 rings (SSSR count). The molecule has 158 valence electrons. The zero-order chi connectivity index (χ0) is 21.5. The van der Waals surface area contributed by atoms with Crippen molar-refractivity contribution in [1.82, 2.24) is 4.57 Å². The van der Waals surface area contributed by atoms with Crippen LogP contribution in [0, 0.1) is 0 Å². The number of fused-ring (bicyclic) bond motifs is 2. The van der Waals surface area contributed by atoms with E-state index in [1.807, 2.05) is 30.0 Å². The van der Waals surface area contributed by atoms with Crippen molar-refractivity contribution in [1.29, 1.82) is 0 Å². The van der Waals surface area contributed by atoms with E-state index in [0.717, 1.165) is 12.1 Å². The van der Waals surface area contributed by atoms with Gasteiger partial charge in [0.2, 0.25) is 0 Å². The molecule has 1 aromatic heterocycles. The molecule has 2 aliphatic heterocycles. The predicted molar refractivity (Wildman–Crippen MR) is 121 cm³/mol. The summed E-state index contributed by atoms with van der Waals surface area (Å²) in [4.78, 5) is 33.3. The Morgan fingerprint density at radius 2 is 1.94 bits per heavy atom. The van der Waals surface area contributed by atoms with Crippen LogP contribution in [0.4, 0.5) is 11.4 Å². The summed E-state index contributed by atoms with van der Waals surface area (Å²) in [5.41, 5.74) is 3.86. The average Bonchev–Trinajstić information content (AvgIpc) is 3.29. The number of nitrogens with one attached hydrogen (secondary N) is 1. The second-order valence-electron chi connectivity index (χ2n) is 7.42. The summed E-state index contributed by atoms with van der Waals surface area (Å²) >= 11 is 1.27. The van der Waals surface area contributed by atoms with Gasteiger partial charge in [-0.15, -0.1) is 0 Å². The lowest BCUT2D eigenvalue weighted by atomic mass is 10.1. The number of aromatic nitrogens is 1. The predicted octanol–water partition coefficient (Wildman–Crippen LogP) is 2.08. The molecule has 8 heteroatoms. The Morgan fingerprint density at radius 3 is 2.68 bits per heavy atom. The van der Waals surface area contributed by atoms with Gasteiger partial charge in [0.15, 0.2) is 4.80 Å². The van der Waals surface area contributed by atoms with Gasteiger partial charge in [-0.25, -0.2) is 4.99 Å². The van der Waals surface area contributed by atoms with Gasteiger partial charge in [0.25, 0.3) is 11.5 Å². The van der Waals surface area contributed by atoms with Gasteiger partial charge >= 0.3 is 0 Å². The van der Waals surface area contributed by atoms with Gasteiger partial charge in [-0.3, -0.25) is 14.2 Å². The normalized spacial score (nSPS) is 16.5. The number of amides is 1. The number of rotatable bonds is 4. The highest BCUT2D eigenvalue weighted by molar-refractivity contribution is 7.07. The Labute approximate surface area is 182 Å². The lowest BCUT2D eigenvalue weighted by molar-refractivity contribution is -0.110. The molecule has 3 aromatic rings. The maximum Gasteiger partial charge on any atom is 0.272 e. The molecule has 2 aromatic carbocycles. The van der Waals surface area contributed by atoms with Crippen molar-refractivity contribution in [2.24, 2.45) is 4.99 Å². The molecule has 0 atom stereocenters. The molecule has 0 saturated carbocycles. The molecule has 7 nitrogen and oxygen atoms in total. The first kappa shape index (κ1) is 19.6. The maximum atomic E-state index is 13.3. The number of carbonyl (C=O) groups excluding carboxylic acids is 1. The lowest BCUT2D eigenvalue weighted by Crippen LogP contribution is -2.43. The molecule has 0 saturated heterocycles. The zero-order valence-corrected chi connectivity index (χ0v) is 18.2. The third-order valence-corrected chi connectivity index (χ3v) is 6.65. The molecule has 0 fully saturated rings. The quantitative estimate of drug-likeness (QED) is 0.682. The van der Waals surface area contributed by atoms with Crippen molar-refractivity contribution in [2.45, 2.75) is 26.9 Å². The Hall–Kier alpha value is -3.39. The van der Waals surface area contributed by atoms with Crippen molar-refractivity contribution in [3.8, 4) is 5.75 Å². The molecule has 2 aliphatic rings. The minimum absolute atomic E-state index is 0.196. The summed E-state index contributed by atoms with van der Waals surface area (Å²) in [5.74, 6) is 0.398. The monoisotopic (exact) mass is 434 g/mol. The summed E-state index contributed by atoms with van der Waals surface area (Å²) in [5, 5.41) is 2.85. The van der Waals surface area contributed by atoms with Gasteiger partial charge in [0, 0.05) is 16.9 Å². The second-order valence-corrected chi connectivity index (χ2v) is 8.39. The van der Waals surface area contributed by atoms with Crippen LogP contribution in [0.1, 0.15) is 25.0 Å². The number of nitrogens with zero attached hydrogens (tertiary/aromatic N) is 3. The standard InChI is InChI=1S/C23H22N4O3S/c1-3-14-5-7-15(8-6-14)26-12-24-23-27(13-26)22(29)20(31-23)19-17-11-16(30-4-2)9-10-18(17)25-21(19)28/h5-11H,3-4,12-13H2,1-2H3,(H,25,28)/b20-19+. The smallest absolute Gasteiger partial charge is 0.272 e. The van der Waals surface area contributed by atoms with E-state index in [1.165, 1.54) is 16.9 Å². The molecule has 0 radical (unpaired) electrons. The maximum absolute atomic E-state index is 13.3. The van der Waals surface area contributed by atoms with Crippen LogP contribution in [-0.2, 0) is 17.9 Å². The Balaban J connectivity index is 1.58. The van der Waals surface area contributed by atoms with Crippen LogP contribution >= 0.6 is 11.3 Å². The molecule has 0 aliphatic carbocycles. The summed E-state index contributed by atoms with van der Waals surface area (Å²) in [6, 6.07) is 13.7. The molecule has 0 bridgehead atoms. The zero-order valence-electron chi connectivity index (χ0n) is 17.3. The average molecular weight is 435 g/mol. The van der Waals surface area contributed by atoms with Crippen LogP contribution in [0.5, 0.6) is 5.75 Å². The summed E-state index contributed by atoms with van der Waals surface area (Å²) in [6.45, 7) is 5.43. The van der Waals surface area contributed by atoms with Crippen molar-refractivity contribution < 1.29 is 9.53 Å². The molecule has 3 heterocycles. The van der Waals surface area contributed by atoms with E-state index in [9.17, 15) is 9.59 Å². The molecular weight excluding hydrogens is 412 g/mol. The molecule has 1 N–H and O–H groups in total. The van der Waals surface area contributed by atoms with Crippen LogP contribution in [0.2, 0.25) is 0 Å². The fourth-order valence-corrected chi connectivity index (χ4v) is 4.95. The topological polar surface area (TPSA) is 75.9 Å². The minimum atomic E-state index is -0.271. The van der Waals surface area contributed by atoms with Crippen molar-refractivity contribution in [3.63, 3.8) is 0 Å². The summed E-state index contributed by atoms with van der Waals surface area (Å²) in [7, 11) is 0. The molecule has 1 amide bonds. The van der Waals surface area contributed by atoms with Crippen LogP contribution < -0.4 is 29.8 Å². The highest BCUT2D eigenvalue weighted by Gasteiger charge is 2.28. The Morgan fingerprint density at radius 1 is 1.13 bits per heavy atom. The van der Waals surface area contributed by atoms with Gasteiger partial charge in [0.1, 0.15) is 23.6 Å². The van der Waals surface area contributed by atoms with Crippen LogP contribution in [-0.4, -0.2) is 23.7 Å². The Bertz CT molecular complexity index is 1350. The van der Waals surface area contributed by atoms with E-state index in [4.69, 9.17) is 4.74 Å². The number of ether oxygens (including phenoxy) is 1. The third kappa shape index (κ3) is 3.33. The largest absolute Gasteiger partial charge is 0.494 e. The van der Waals surface area contributed by atoms with Crippen LogP contribution in [0.25, 0.3) is 5.57 Å². The van der Waals surface area contributed by atoms with E-state index in [-0.39, 0.29) is 11.5 Å². The molecule has 31 heavy (non-hydrogen) atoms. The van der Waals surface area contributed by atoms with Gasteiger partial charge in [-0.2, -0.15) is 0 Å². The number of carbonyl (C=O) groups is 1. The number of benzene rings is 2. The van der Waals surface area contributed by atoms with E-state index in [2.05, 4.69) is 41.5 Å². The van der Waals surface area contributed by atoms with Gasteiger partial charge < -0.3 is 15.0 Å². The van der Waals surface area contributed by atoms with Crippen molar-refractivity contribution >= 4 is 34.2 Å². The van der Waals surface area contributed by atoms with E-state index in [1.54, 1.807) is 4.57 Å². The summed E-state index contributed by atoms with van der Waals surface area (Å²) in [6.07, 6.45) is 0.981. The minimum Gasteiger partial charge on any atom is -0.494 e. The van der Waals surface area contributed by atoms with E-state index in [0.29, 0.717) is 51.9 Å². The van der Waals surface area contributed by atoms with Crippen LogP contribution in [0.3, 0.4) is 0 Å². The highest BCUT2D eigenvalue weighted by Crippen LogP contribution is 2.33. The number of anilines is 2. The number of aryl methyl sites for hydroxylation is 1. The van der Waals surface area contributed by atoms with Crippen molar-refractivity contribution in [3.05, 3.63) is 73.3 Å². The van der Waals surface area contributed by atoms with E-state index < -0.39 is 0 Å². The first-order valence-electron chi connectivity index (χ1n) is 10.3. The summed E-state index contributed by atoms with van der Waals surface area (Å²) < 4.78 is 7.63. The first-order valence-corrected chi connectivity index (χ1v) is 11.1. The number of hydrogen-bond donors (Lipinski definition) is 1. The third-order valence-electron chi connectivity index (χ3n) is 5.54. The molecular formula is C23H22N4O3S. The van der Waals surface area contributed by atoms with Crippen LogP contribution in [0.15, 0.2) is 52.3 Å².